The average Bonchev–Trinajstić information content (AvgIpc) is 2.96. The minimum Gasteiger partial charge on any atom is -0.452 e. The number of anilines is 3. The van der Waals surface area contributed by atoms with Crippen LogP contribution in [0.4, 0.5) is 26.7 Å². The summed E-state index contributed by atoms with van der Waals surface area (Å²) in [7, 11) is -0.537. The Morgan fingerprint density at radius 1 is 0.976 bits per heavy atom. The molecule has 1 unspecified atom stereocenters. The van der Waals surface area contributed by atoms with Gasteiger partial charge in [-0.3, -0.25) is 19.4 Å². The summed E-state index contributed by atoms with van der Waals surface area (Å²) >= 11 is 0. The van der Waals surface area contributed by atoms with E-state index in [1.165, 1.54) is 50.6 Å². The molecule has 10 nitrogen and oxygen atoms in total. The van der Waals surface area contributed by atoms with Crippen LogP contribution in [0.1, 0.15) is 51.9 Å². The summed E-state index contributed by atoms with van der Waals surface area (Å²) in [5, 5.41) is 3.39. The lowest BCUT2D eigenvalue weighted by Gasteiger charge is -2.44. The molecule has 41 heavy (non-hydrogen) atoms. The van der Waals surface area contributed by atoms with Crippen LogP contribution in [-0.4, -0.2) is 66.4 Å². The predicted molar refractivity (Wildman–Crippen MR) is 160 cm³/mol. The maximum absolute atomic E-state index is 13.7. The molecule has 1 aliphatic carbocycles. The fourth-order valence-corrected chi connectivity index (χ4v) is 7.00. The van der Waals surface area contributed by atoms with Crippen molar-refractivity contribution in [3.63, 3.8) is 0 Å². The largest absolute Gasteiger partial charge is 0.452 e. The maximum atomic E-state index is 13.7. The molecule has 3 aliphatic rings. The summed E-state index contributed by atoms with van der Waals surface area (Å²) in [5.41, 5.74) is 3.55. The third kappa shape index (κ3) is 6.01. The van der Waals surface area contributed by atoms with Gasteiger partial charge in [-0.25, -0.2) is 18.0 Å². The van der Waals surface area contributed by atoms with Gasteiger partial charge in [-0.2, -0.15) is 0 Å². The molecule has 2 heterocycles. The molecule has 1 saturated heterocycles. The highest BCUT2D eigenvalue weighted by atomic mass is 32.2. The highest BCUT2D eigenvalue weighted by Gasteiger charge is 2.41. The van der Waals surface area contributed by atoms with E-state index in [9.17, 15) is 18.0 Å². The molecule has 5 rings (SSSR count). The smallest absolute Gasteiger partial charge is 0.416 e. The number of benzene rings is 2. The fraction of sp³-hybridized carbons (Fsp3) is 0.533. The van der Waals surface area contributed by atoms with Gasteiger partial charge in [0.25, 0.3) is 0 Å². The summed E-state index contributed by atoms with van der Waals surface area (Å²) in [4.78, 5) is 29.6. The zero-order valence-electron chi connectivity index (χ0n) is 24.3. The fourth-order valence-electron chi connectivity index (χ4n) is 6.50. The molecule has 2 aromatic carbocycles. The molecule has 2 aromatic rings. The maximum Gasteiger partial charge on any atom is 0.416 e. The van der Waals surface area contributed by atoms with E-state index in [0.29, 0.717) is 17.1 Å². The Morgan fingerprint density at radius 3 is 2.32 bits per heavy atom. The summed E-state index contributed by atoms with van der Waals surface area (Å²) in [6.07, 6.45) is 7.89. The van der Waals surface area contributed by atoms with Gasteiger partial charge in [0, 0.05) is 13.5 Å². The van der Waals surface area contributed by atoms with Crippen LogP contribution in [0.3, 0.4) is 0 Å². The van der Waals surface area contributed by atoms with Crippen molar-refractivity contribution in [3.8, 4) is 11.1 Å². The highest BCUT2D eigenvalue weighted by molar-refractivity contribution is 7.92. The van der Waals surface area contributed by atoms with Crippen LogP contribution >= 0.6 is 0 Å². The zero-order chi connectivity index (χ0) is 29.4. The average molecular weight is 585 g/mol. The number of nitrogens with zero attached hydrogens (tertiary/aromatic N) is 3. The highest BCUT2D eigenvalue weighted by Crippen LogP contribution is 2.45. The number of amides is 2. The van der Waals surface area contributed by atoms with E-state index < -0.39 is 22.2 Å². The first-order chi connectivity index (χ1) is 19.5. The summed E-state index contributed by atoms with van der Waals surface area (Å²) < 4.78 is 36.3. The lowest BCUT2D eigenvalue weighted by atomic mass is 9.68. The first-order valence-corrected chi connectivity index (χ1v) is 16.1. The first-order valence-electron chi connectivity index (χ1n) is 14.3. The van der Waals surface area contributed by atoms with Gasteiger partial charge in [0.1, 0.15) is 0 Å². The van der Waals surface area contributed by atoms with Crippen molar-refractivity contribution in [2.24, 2.45) is 5.41 Å². The van der Waals surface area contributed by atoms with E-state index in [2.05, 4.69) is 5.32 Å². The number of rotatable bonds is 4. The van der Waals surface area contributed by atoms with Gasteiger partial charge in [-0.1, -0.05) is 37.5 Å². The molecule has 1 saturated carbocycles. The Hall–Kier alpha value is -3.31. The summed E-state index contributed by atoms with van der Waals surface area (Å²) in [6.45, 7) is 2.96. The van der Waals surface area contributed by atoms with Gasteiger partial charge in [-0.15, -0.1) is 0 Å². The minimum atomic E-state index is -3.39. The minimum absolute atomic E-state index is 0.244. The number of fused-ring (bicyclic) bond motifs is 1. The topological polar surface area (TPSA) is 108 Å². The number of hydrogen-bond acceptors (Lipinski definition) is 7. The quantitative estimate of drug-likeness (QED) is 0.518. The molecule has 0 aromatic heterocycles. The van der Waals surface area contributed by atoms with Gasteiger partial charge < -0.3 is 9.47 Å². The lowest BCUT2D eigenvalue weighted by molar-refractivity contribution is -0.000770. The van der Waals surface area contributed by atoms with Crippen LogP contribution in [0.15, 0.2) is 42.5 Å². The Kier molecular flexibility index (Phi) is 8.20. The third-order valence-corrected chi connectivity index (χ3v) is 10.1. The standard InChI is InChI=1S/C30H40N4O6S/c1-21-20-33(28(35)40-27-19-30(16-17-31-27)14-6-5-7-15-30)26-18-23(10-13-25(26)34(21)29(36)39-3)22-8-11-24(12-9-22)32(2)41(4,37)38/h8-13,18,21,27,31H,5-7,14-17,19-20H2,1-4H3/t21-,27?/m0/s1. The van der Waals surface area contributed by atoms with Crippen LogP contribution < -0.4 is 19.4 Å². The van der Waals surface area contributed by atoms with E-state index in [4.69, 9.17) is 9.47 Å². The first kappa shape index (κ1) is 29.2. The second-order valence-corrected chi connectivity index (χ2v) is 13.6. The summed E-state index contributed by atoms with van der Waals surface area (Å²) in [6, 6.07) is 12.4. The number of methoxy groups -OCH3 is 1. The number of carbonyl (C=O) groups excluding carboxylic acids is 2. The number of piperidine rings is 1. The predicted octanol–water partition coefficient (Wildman–Crippen LogP) is 5.33. The van der Waals surface area contributed by atoms with Crippen LogP contribution in [0.25, 0.3) is 11.1 Å². The van der Waals surface area contributed by atoms with Crippen molar-refractivity contribution in [3.05, 3.63) is 42.5 Å². The molecular weight excluding hydrogens is 544 g/mol. The van der Waals surface area contributed by atoms with Gasteiger partial charge in [0.2, 0.25) is 10.0 Å². The molecule has 1 spiro atoms. The van der Waals surface area contributed by atoms with Crippen molar-refractivity contribution in [1.82, 2.24) is 5.32 Å². The van der Waals surface area contributed by atoms with E-state index in [-0.39, 0.29) is 24.2 Å². The second kappa shape index (κ2) is 11.5. The molecule has 0 radical (unpaired) electrons. The van der Waals surface area contributed by atoms with E-state index in [1.54, 1.807) is 21.9 Å². The molecule has 2 atom stereocenters. The second-order valence-electron chi connectivity index (χ2n) is 11.6. The Bertz CT molecular complexity index is 1380. The van der Waals surface area contributed by atoms with Crippen LogP contribution in [-0.2, 0) is 19.5 Å². The van der Waals surface area contributed by atoms with Crippen LogP contribution in [0, 0.1) is 5.41 Å². The molecule has 1 N–H and O–H groups in total. The van der Waals surface area contributed by atoms with Crippen LogP contribution in [0.2, 0.25) is 0 Å². The van der Waals surface area contributed by atoms with Crippen molar-refractivity contribution < 1.29 is 27.5 Å². The van der Waals surface area contributed by atoms with Crippen molar-refractivity contribution >= 4 is 39.3 Å². The van der Waals surface area contributed by atoms with Crippen molar-refractivity contribution in [1.29, 1.82) is 0 Å². The lowest BCUT2D eigenvalue weighted by Crippen LogP contribution is -2.54. The molecular formula is C30H40N4O6S. The van der Waals surface area contributed by atoms with Gasteiger partial charge in [-0.05, 0) is 73.5 Å². The molecule has 2 aliphatic heterocycles. The third-order valence-electron chi connectivity index (χ3n) is 8.87. The van der Waals surface area contributed by atoms with Gasteiger partial charge in [0.05, 0.1) is 43.0 Å². The van der Waals surface area contributed by atoms with E-state index >= 15 is 0 Å². The van der Waals surface area contributed by atoms with E-state index in [0.717, 1.165) is 36.8 Å². The van der Waals surface area contributed by atoms with Crippen molar-refractivity contribution in [2.75, 3.05) is 47.6 Å². The molecule has 11 heteroatoms. The number of nitrogens with one attached hydrogen (secondary N) is 1. The molecule has 222 valence electrons. The number of hydrogen-bond donors (Lipinski definition) is 1. The zero-order valence-corrected chi connectivity index (χ0v) is 25.1. The molecule has 2 fully saturated rings. The Balaban J connectivity index is 1.44. The van der Waals surface area contributed by atoms with E-state index in [1.807, 2.05) is 37.3 Å². The molecule has 2 amide bonds. The summed E-state index contributed by atoms with van der Waals surface area (Å²) in [5.74, 6) is 0. The number of ether oxygens (including phenoxy) is 2. The Labute approximate surface area is 242 Å². The Morgan fingerprint density at radius 2 is 1.66 bits per heavy atom. The number of sulfonamides is 1. The van der Waals surface area contributed by atoms with Gasteiger partial charge in [0.15, 0.2) is 6.23 Å². The normalized spacial score (nSPS) is 22.1. The van der Waals surface area contributed by atoms with Crippen LogP contribution in [0.5, 0.6) is 0 Å². The molecule has 0 bridgehead atoms. The number of carbonyl (C=O) groups is 2. The monoisotopic (exact) mass is 584 g/mol. The van der Waals surface area contributed by atoms with Crippen molar-refractivity contribution in [2.45, 2.75) is 64.1 Å². The SMILES string of the molecule is COC(=O)N1c2ccc(-c3ccc(N(C)S(C)(=O)=O)cc3)cc2N(C(=O)OC2CC3(CCCCC3)CCN2)C[C@@H]1C. The van der Waals surface area contributed by atoms with Gasteiger partial charge >= 0.3 is 12.2 Å².